The summed E-state index contributed by atoms with van der Waals surface area (Å²) in [5.41, 5.74) is 0.0969. The van der Waals surface area contributed by atoms with Crippen LogP contribution in [0.25, 0.3) is 0 Å². The Morgan fingerprint density at radius 2 is 1.55 bits per heavy atom. The van der Waals surface area contributed by atoms with Gasteiger partial charge in [0.25, 0.3) is 0 Å². The van der Waals surface area contributed by atoms with E-state index in [1.165, 1.54) is 12.1 Å². The Balaban J connectivity index is 1.97. The third-order valence-corrected chi connectivity index (χ3v) is 4.28. The first-order valence-corrected chi connectivity index (χ1v) is 9.91. The number of nitrogens with one attached hydrogen (secondary N) is 2. The molecule has 0 saturated heterocycles. The smallest absolute Gasteiger partial charge is 0.416 e. The molecule has 8 heteroatoms. The first-order valence-electron chi connectivity index (χ1n) is 9.91. The molecule has 1 unspecified atom stereocenters. The zero-order chi connectivity index (χ0) is 23.1. The number of hydrogen-bond acceptors (Lipinski definition) is 3. The molecule has 168 valence electrons. The molecule has 2 amide bonds. The Morgan fingerprint density at radius 3 is 2.10 bits per heavy atom. The molecule has 0 fully saturated rings. The maximum atomic E-state index is 12.7. The lowest BCUT2D eigenvalue weighted by molar-refractivity contribution is -0.137. The Labute approximate surface area is 180 Å². The molecule has 0 aliphatic heterocycles. The number of ether oxygens (including phenoxy) is 1. The quantitative estimate of drug-likeness (QED) is 0.672. The van der Waals surface area contributed by atoms with Gasteiger partial charge in [-0.1, -0.05) is 42.5 Å². The second kappa shape index (κ2) is 10.3. The summed E-state index contributed by atoms with van der Waals surface area (Å²) in [6.45, 7) is 5.39. The molecule has 31 heavy (non-hydrogen) atoms. The van der Waals surface area contributed by atoms with Gasteiger partial charge < -0.3 is 15.4 Å². The van der Waals surface area contributed by atoms with Gasteiger partial charge in [0.2, 0.25) is 5.91 Å². The van der Waals surface area contributed by atoms with Crippen LogP contribution < -0.4 is 10.6 Å². The van der Waals surface area contributed by atoms with E-state index in [1.807, 2.05) is 30.3 Å². The van der Waals surface area contributed by atoms with Crippen molar-refractivity contribution in [2.45, 2.75) is 51.4 Å². The van der Waals surface area contributed by atoms with E-state index in [0.29, 0.717) is 12.0 Å². The van der Waals surface area contributed by atoms with Gasteiger partial charge in [-0.3, -0.25) is 4.79 Å². The normalized spacial score (nSPS) is 12.7. The summed E-state index contributed by atoms with van der Waals surface area (Å²) in [7, 11) is 0. The maximum Gasteiger partial charge on any atom is 0.416 e. The fraction of sp³-hybridized carbons (Fsp3) is 0.391. The standard InChI is InChI=1S/C23H27F3N2O3/c1-22(2,3)31-21(30)28-19(15-17-7-5-4-6-8-17)20(29)27-14-13-16-9-11-18(12-10-16)23(24,25)26/h4-12,19H,13-15H2,1-3H3,(H,27,29)(H,28,30). The van der Waals surface area contributed by atoms with Crippen molar-refractivity contribution in [3.63, 3.8) is 0 Å². The van der Waals surface area contributed by atoms with Crippen LogP contribution in [0, 0.1) is 0 Å². The molecule has 2 aromatic rings. The van der Waals surface area contributed by atoms with Crippen LogP contribution in [0.4, 0.5) is 18.0 Å². The highest BCUT2D eigenvalue weighted by Gasteiger charge is 2.30. The molecule has 2 rings (SSSR count). The van der Waals surface area contributed by atoms with Crippen molar-refractivity contribution in [3.8, 4) is 0 Å². The summed E-state index contributed by atoms with van der Waals surface area (Å²) in [4.78, 5) is 24.9. The van der Waals surface area contributed by atoms with Gasteiger partial charge in [0, 0.05) is 13.0 Å². The van der Waals surface area contributed by atoms with Crippen LogP contribution >= 0.6 is 0 Å². The van der Waals surface area contributed by atoms with Crippen LogP contribution in [-0.2, 0) is 28.5 Å². The van der Waals surface area contributed by atoms with Crippen molar-refractivity contribution >= 4 is 12.0 Å². The van der Waals surface area contributed by atoms with E-state index in [1.54, 1.807) is 20.8 Å². The minimum absolute atomic E-state index is 0.214. The van der Waals surface area contributed by atoms with Gasteiger partial charge in [0.1, 0.15) is 11.6 Å². The minimum atomic E-state index is -4.38. The van der Waals surface area contributed by atoms with Gasteiger partial charge >= 0.3 is 12.3 Å². The Kier molecular flexibility index (Phi) is 8.08. The van der Waals surface area contributed by atoms with Crippen molar-refractivity contribution < 1.29 is 27.5 Å². The van der Waals surface area contributed by atoms with Crippen LogP contribution in [0.1, 0.15) is 37.5 Å². The fourth-order valence-electron chi connectivity index (χ4n) is 2.82. The van der Waals surface area contributed by atoms with E-state index >= 15 is 0 Å². The van der Waals surface area contributed by atoms with Crippen LogP contribution in [0.5, 0.6) is 0 Å². The van der Waals surface area contributed by atoms with Gasteiger partial charge in [-0.15, -0.1) is 0 Å². The average Bonchev–Trinajstić information content (AvgIpc) is 2.66. The molecule has 2 N–H and O–H groups in total. The number of rotatable bonds is 7. The number of alkyl carbamates (subject to hydrolysis) is 1. The van der Waals surface area contributed by atoms with Crippen LogP contribution in [0.2, 0.25) is 0 Å². The lowest BCUT2D eigenvalue weighted by atomic mass is 10.0. The van der Waals surface area contributed by atoms with Gasteiger partial charge in [0.15, 0.2) is 0 Å². The number of benzene rings is 2. The van der Waals surface area contributed by atoms with Crippen molar-refractivity contribution in [3.05, 3.63) is 71.3 Å². The molecular weight excluding hydrogens is 409 g/mol. The van der Waals surface area contributed by atoms with Gasteiger partial charge in [-0.05, 0) is 50.5 Å². The minimum Gasteiger partial charge on any atom is -0.444 e. The zero-order valence-electron chi connectivity index (χ0n) is 17.8. The van der Waals surface area contributed by atoms with Crippen molar-refractivity contribution in [1.29, 1.82) is 0 Å². The summed E-state index contributed by atoms with van der Waals surface area (Å²) in [5, 5.41) is 5.33. The van der Waals surface area contributed by atoms with E-state index in [9.17, 15) is 22.8 Å². The maximum absolute atomic E-state index is 12.7. The first-order chi connectivity index (χ1) is 14.4. The predicted molar refractivity (Wildman–Crippen MR) is 111 cm³/mol. The second-order valence-corrected chi connectivity index (χ2v) is 8.12. The molecule has 0 heterocycles. The molecule has 5 nitrogen and oxygen atoms in total. The van der Waals surface area contributed by atoms with Crippen LogP contribution in [-0.4, -0.2) is 30.2 Å². The Bertz CT molecular complexity index is 860. The van der Waals surface area contributed by atoms with E-state index in [4.69, 9.17) is 4.74 Å². The number of alkyl halides is 3. The third kappa shape index (κ3) is 8.70. The van der Waals surface area contributed by atoms with Gasteiger partial charge in [0.05, 0.1) is 5.56 Å². The van der Waals surface area contributed by atoms with Crippen molar-refractivity contribution in [1.82, 2.24) is 10.6 Å². The molecule has 0 radical (unpaired) electrons. The number of halogens is 3. The van der Waals surface area contributed by atoms with Crippen LogP contribution in [0.15, 0.2) is 54.6 Å². The molecular formula is C23H27F3N2O3. The summed E-state index contributed by atoms with van der Waals surface area (Å²) >= 11 is 0. The summed E-state index contributed by atoms with van der Waals surface area (Å²) in [6, 6.07) is 13.2. The van der Waals surface area contributed by atoms with Crippen LogP contribution in [0.3, 0.4) is 0 Å². The molecule has 0 aromatic heterocycles. The number of hydrogen-bond donors (Lipinski definition) is 2. The number of carbonyl (C=O) groups is 2. The molecule has 0 spiro atoms. The lowest BCUT2D eigenvalue weighted by Gasteiger charge is -2.23. The third-order valence-electron chi connectivity index (χ3n) is 4.28. The molecule has 0 aliphatic carbocycles. The Hall–Kier alpha value is -3.03. The first kappa shape index (κ1) is 24.2. The van der Waals surface area contributed by atoms with Gasteiger partial charge in [-0.25, -0.2) is 4.79 Å². The summed E-state index contributed by atoms with van der Waals surface area (Å²) in [5.74, 6) is -0.401. The fourth-order valence-corrected chi connectivity index (χ4v) is 2.82. The molecule has 0 bridgehead atoms. The molecule has 2 aromatic carbocycles. The van der Waals surface area contributed by atoms with E-state index in [0.717, 1.165) is 17.7 Å². The summed E-state index contributed by atoms with van der Waals surface area (Å²) in [6.07, 6.45) is -4.46. The monoisotopic (exact) mass is 436 g/mol. The van der Waals surface area contributed by atoms with Crippen molar-refractivity contribution in [2.24, 2.45) is 0 Å². The highest BCUT2D eigenvalue weighted by atomic mass is 19.4. The molecule has 0 saturated carbocycles. The van der Waals surface area contributed by atoms with Crippen molar-refractivity contribution in [2.75, 3.05) is 6.54 Å². The highest BCUT2D eigenvalue weighted by Crippen LogP contribution is 2.29. The van der Waals surface area contributed by atoms with Gasteiger partial charge in [-0.2, -0.15) is 13.2 Å². The molecule has 0 aliphatic rings. The lowest BCUT2D eigenvalue weighted by Crippen LogP contribution is -2.49. The topological polar surface area (TPSA) is 67.4 Å². The van der Waals surface area contributed by atoms with E-state index < -0.39 is 35.4 Å². The molecule has 1 atom stereocenters. The number of carbonyl (C=O) groups excluding carboxylic acids is 2. The largest absolute Gasteiger partial charge is 0.444 e. The second-order valence-electron chi connectivity index (χ2n) is 8.12. The van der Waals surface area contributed by atoms with E-state index in [2.05, 4.69) is 10.6 Å². The zero-order valence-corrected chi connectivity index (χ0v) is 17.8. The Morgan fingerprint density at radius 1 is 0.935 bits per heavy atom. The highest BCUT2D eigenvalue weighted by molar-refractivity contribution is 5.86. The average molecular weight is 436 g/mol. The van der Waals surface area contributed by atoms with E-state index in [-0.39, 0.29) is 13.0 Å². The number of amides is 2. The predicted octanol–water partition coefficient (Wildman–Crippen LogP) is 4.50. The SMILES string of the molecule is CC(C)(C)OC(=O)NC(Cc1ccccc1)C(=O)NCCc1ccc(C(F)(F)F)cc1. The summed E-state index contributed by atoms with van der Waals surface area (Å²) < 4.78 is 43.2.